The minimum atomic E-state index is 0.441. The van der Waals surface area contributed by atoms with E-state index in [-0.39, 0.29) is 0 Å². The van der Waals surface area contributed by atoms with Gasteiger partial charge in [0.1, 0.15) is 23.0 Å². The fraction of sp³-hybridized carbons (Fsp3) is 0.786. The van der Waals surface area contributed by atoms with E-state index in [2.05, 4.69) is 27.5 Å². The summed E-state index contributed by atoms with van der Waals surface area (Å²) in [5.74, 6) is 0.619. The average Bonchev–Trinajstić information content (AvgIpc) is 2.93. The molecule has 0 aliphatic heterocycles. The first-order valence-corrected chi connectivity index (χ1v) is 8.25. The van der Waals surface area contributed by atoms with E-state index in [0.29, 0.717) is 12.0 Å². The Kier molecular flexibility index (Phi) is 6.73. The summed E-state index contributed by atoms with van der Waals surface area (Å²) in [7, 11) is 4.15. The number of hydrogen-bond donors (Lipinski definition) is 2. The van der Waals surface area contributed by atoms with Gasteiger partial charge in [0, 0.05) is 36.8 Å². The fourth-order valence-corrected chi connectivity index (χ4v) is 3.42. The van der Waals surface area contributed by atoms with Crippen LogP contribution in [0.25, 0.3) is 0 Å². The monoisotopic (exact) mass is 392 g/mol. The molecule has 1 saturated carbocycles. The number of aromatic amines is 1. The second-order valence-corrected chi connectivity index (χ2v) is 6.22. The first kappa shape index (κ1) is 16.2. The van der Waals surface area contributed by atoms with Gasteiger partial charge in [-0.3, -0.25) is 5.10 Å². The molecular formula is C14H25IN4O. The maximum Gasteiger partial charge on any atom is 0.110 e. The molecule has 2 N–H and O–H groups in total. The van der Waals surface area contributed by atoms with Crippen LogP contribution in [-0.4, -0.2) is 48.4 Å². The molecule has 1 aromatic rings. The van der Waals surface area contributed by atoms with Crippen LogP contribution in [0.3, 0.4) is 0 Å². The third kappa shape index (κ3) is 4.41. The van der Waals surface area contributed by atoms with Gasteiger partial charge < -0.3 is 13.3 Å². The van der Waals surface area contributed by atoms with E-state index in [1.165, 1.54) is 24.1 Å². The van der Waals surface area contributed by atoms with Crippen molar-refractivity contribution in [2.75, 3.05) is 27.2 Å². The Morgan fingerprint density at radius 2 is 2.20 bits per heavy atom. The van der Waals surface area contributed by atoms with E-state index in [4.69, 9.17) is 3.07 Å². The van der Waals surface area contributed by atoms with E-state index >= 15 is 0 Å². The summed E-state index contributed by atoms with van der Waals surface area (Å²) < 4.78 is 5.42. The smallest absolute Gasteiger partial charge is 0.110 e. The molecule has 0 unspecified atom stereocenters. The summed E-state index contributed by atoms with van der Waals surface area (Å²) in [6, 6.07) is 0. The van der Waals surface area contributed by atoms with Crippen LogP contribution in [-0.2, 0) is 9.61 Å². The Bertz CT molecular complexity index is 390. The van der Waals surface area contributed by atoms with Crippen LogP contribution in [0.1, 0.15) is 42.9 Å². The number of H-pyrrole nitrogens is 1. The maximum atomic E-state index is 5.42. The molecule has 0 radical (unpaired) electrons. The van der Waals surface area contributed by atoms with E-state index in [1.807, 2.05) is 36.3 Å². The zero-order chi connectivity index (χ0) is 14.4. The number of rotatable bonds is 7. The second-order valence-electron chi connectivity index (χ2n) is 5.71. The largest absolute Gasteiger partial charge is 0.318 e. The van der Waals surface area contributed by atoms with Gasteiger partial charge in [-0.15, -0.1) is 0 Å². The lowest BCUT2D eigenvalue weighted by Crippen LogP contribution is -2.27. The predicted octanol–water partition coefficient (Wildman–Crippen LogP) is 2.45. The van der Waals surface area contributed by atoms with E-state index in [1.54, 1.807) is 0 Å². The molecule has 0 bridgehead atoms. The average molecular weight is 392 g/mol. The number of nitrogens with zero attached hydrogens (tertiary/aromatic N) is 2. The van der Waals surface area contributed by atoms with Gasteiger partial charge in [0.25, 0.3) is 0 Å². The highest BCUT2D eigenvalue weighted by atomic mass is 127. The van der Waals surface area contributed by atoms with Crippen molar-refractivity contribution >= 4 is 23.0 Å². The molecule has 1 aromatic heterocycles. The molecule has 1 aliphatic carbocycles. The normalized spacial score (nSPS) is 23.4. The van der Waals surface area contributed by atoms with Gasteiger partial charge >= 0.3 is 0 Å². The zero-order valence-electron chi connectivity index (χ0n) is 12.4. The molecule has 6 heteroatoms. The summed E-state index contributed by atoms with van der Waals surface area (Å²) in [5.41, 5.74) is 2.69. The Morgan fingerprint density at radius 3 is 2.85 bits per heavy atom. The Hall–Kier alpha value is -0.180. The summed E-state index contributed by atoms with van der Waals surface area (Å²) in [6.07, 6.45) is 7.14. The maximum absolute atomic E-state index is 5.42. The second kappa shape index (κ2) is 8.31. The third-order valence-corrected chi connectivity index (χ3v) is 4.86. The first-order valence-electron chi connectivity index (χ1n) is 7.37. The van der Waals surface area contributed by atoms with Gasteiger partial charge in [-0.1, -0.05) is 0 Å². The van der Waals surface area contributed by atoms with E-state index in [0.717, 1.165) is 32.5 Å². The molecule has 0 atom stereocenters. The molecule has 1 heterocycles. The summed E-state index contributed by atoms with van der Waals surface area (Å²) >= 11 is 2.03. The highest BCUT2D eigenvalue weighted by Crippen LogP contribution is 2.35. The quantitative estimate of drug-likeness (QED) is 0.701. The fourth-order valence-electron chi connectivity index (χ4n) is 2.91. The molecule has 114 valence electrons. The first-order chi connectivity index (χ1) is 9.74. The summed E-state index contributed by atoms with van der Waals surface area (Å²) in [6.45, 7) is 3.04. The topological polar surface area (TPSA) is 53.2 Å². The van der Waals surface area contributed by atoms with Crippen LogP contribution in [0.2, 0.25) is 0 Å². The van der Waals surface area contributed by atoms with Crippen molar-refractivity contribution in [3.63, 3.8) is 0 Å². The Labute approximate surface area is 135 Å². The number of aromatic nitrogens is 2. The molecule has 20 heavy (non-hydrogen) atoms. The van der Waals surface area contributed by atoms with Gasteiger partial charge in [-0.2, -0.15) is 5.10 Å². The molecule has 1 fully saturated rings. The van der Waals surface area contributed by atoms with Crippen molar-refractivity contribution in [1.82, 2.24) is 20.4 Å². The summed E-state index contributed by atoms with van der Waals surface area (Å²) in [4.78, 5) is 2.34. The van der Waals surface area contributed by atoms with Crippen molar-refractivity contribution in [2.24, 2.45) is 0 Å². The van der Waals surface area contributed by atoms with Gasteiger partial charge in [-0.25, -0.2) is 0 Å². The summed E-state index contributed by atoms with van der Waals surface area (Å²) in [5, 5.41) is 10.7. The lowest BCUT2D eigenvalue weighted by Gasteiger charge is -2.27. The van der Waals surface area contributed by atoms with Gasteiger partial charge in [-0.05, 0) is 39.8 Å². The van der Waals surface area contributed by atoms with Crippen molar-refractivity contribution in [2.45, 2.75) is 44.2 Å². The van der Waals surface area contributed by atoms with Crippen molar-refractivity contribution < 1.29 is 3.07 Å². The lowest BCUT2D eigenvalue weighted by atomic mass is 9.84. The van der Waals surface area contributed by atoms with E-state index < -0.39 is 0 Å². The Balaban J connectivity index is 1.91. The molecule has 0 saturated heterocycles. The zero-order valence-corrected chi connectivity index (χ0v) is 14.5. The molecule has 5 nitrogen and oxygen atoms in total. The number of hydrogen-bond acceptors (Lipinski definition) is 4. The highest BCUT2D eigenvalue weighted by Gasteiger charge is 2.25. The van der Waals surface area contributed by atoms with Crippen LogP contribution >= 0.6 is 23.0 Å². The molecule has 2 rings (SSSR count). The van der Waals surface area contributed by atoms with Crippen LogP contribution in [0.5, 0.6) is 0 Å². The van der Waals surface area contributed by atoms with Crippen molar-refractivity contribution in [3.05, 3.63) is 17.5 Å². The van der Waals surface area contributed by atoms with Gasteiger partial charge in [0.2, 0.25) is 0 Å². The number of halogens is 1. The van der Waals surface area contributed by atoms with Crippen LogP contribution in [0.15, 0.2) is 6.20 Å². The molecule has 0 aromatic carbocycles. The predicted molar refractivity (Wildman–Crippen MR) is 89.0 cm³/mol. The van der Waals surface area contributed by atoms with Crippen LogP contribution in [0, 0.1) is 0 Å². The minimum Gasteiger partial charge on any atom is -0.318 e. The molecular weight excluding hydrogens is 367 g/mol. The van der Waals surface area contributed by atoms with Crippen molar-refractivity contribution in [3.8, 4) is 0 Å². The molecule has 1 aliphatic rings. The third-order valence-electron chi connectivity index (χ3n) is 4.14. The molecule has 0 spiro atoms. The van der Waals surface area contributed by atoms with Crippen LogP contribution in [0.4, 0.5) is 0 Å². The lowest BCUT2D eigenvalue weighted by molar-refractivity contribution is 0.200. The SMILES string of the molecule is CNCCN(C)Cc1cn[nH]c1C1CCC(OI)CC1. The number of likely N-dealkylation sites (N-methyl/N-ethyl adjacent to an activating group) is 2. The van der Waals surface area contributed by atoms with Crippen LogP contribution < -0.4 is 5.32 Å². The molecule has 0 amide bonds. The highest BCUT2D eigenvalue weighted by molar-refractivity contribution is 14.1. The van der Waals surface area contributed by atoms with Crippen molar-refractivity contribution in [1.29, 1.82) is 0 Å². The van der Waals surface area contributed by atoms with E-state index in [9.17, 15) is 0 Å². The minimum absolute atomic E-state index is 0.441. The van der Waals surface area contributed by atoms with Gasteiger partial charge in [0.05, 0.1) is 12.3 Å². The Morgan fingerprint density at radius 1 is 1.45 bits per heavy atom. The number of nitrogens with one attached hydrogen (secondary N) is 2. The standard InChI is InChI=1S/C14H25IN4O/c1-16-7-8-19(2)10-12-9-17-18-14(12)11-3-5-13(20-15)6-4-11/h9,11,13,16H,3-8,10H2,1-2H3,(H,17,18). The van der Waals surface area contributed by atoms with Gasteiger partial charge in [0.15, 0.2) is 0 Å².